The average Bonchev–Trinajstić information content (AvgIpc) is 3.02. The first-order valence-corrected chi connectivity index (χ1v) is 7.39. The first-order chi connectivity index (χ1) is 10.7. The van der Waals surface area contributed by atoms with Crippen LogP contribution in [0.15, 0.2) is 24.3 Å². The first kappa shape index (κ1) is 14.8. The maximum Gasteiger partial charge on any atom is 0.260 e. The third-order valence-electron chi connectivity index (χ3n) is 4.04. The molecule has 2 fully saturated rings. The minimum absolute atomic E-state index is 0.000610. The summed E-state index contributed by atoms with van der Waals surface area (Å²) in [4.78, 5) is 13.9. The van der Waals surface area contributed by atoms with Crippen LogP contribution >= 0.6 is 0 Å². The highest BCUT2D eigenvalue weighted by atomic mass is 16.7. The molecule has 1 amide bonds. The van der Waals surface area contributed by atoms with E-state index in [0.29, 0.717) is 50.5 Å². The monoisotopic (exact) mass is 302 g/mol. The number of carbonyl (C=O) groups is 1. The molecular formula is C16H18N2O4. The first-order valence-electron chi connectivity index (χ1n) is 7.39. The zero-order chi connectivity index (χ0) is 15.4. The fourth-order valence-corrected chi connectivity index (χ4v) is 2.74. The van der Waals surface area contributed by atoms with Crippen molar-refractivity contribution in [2.24, 2.45) is 0 Å². The van der Waals surface area contributed by atoms with Crippen molar-refractivity contribution in [1.29, 1.82) is 5.26 Å². The molecule has 2 saturated heterocycles. The molecule has 0 atom stereocenters. The Morgan fingerprint density at radius 2 is 1.86 bits per heavy atom. The van der Waals surface area contributed by atoms with Crippen LogP contribution in [0.1, 0.15) is 18.4 Å². The second kappa shape index (κ2) is 6.34. The number of amides is 1. The highest BCUT2D eigenvalue weighted by Crippen LogP contribution is 2.31. The molecule has 0 bridgehead atoms. The molecule has 2 aliphatic rings. The van der Waals surface area contributed by atoms with Crippen molar-refractivity contribution >= 4 is 5.91 Å². The number of hydrogen-bond acceptors (Lipinski definition) is 5. The van der Waals surface area contributed by atoms with Gasteiger partial charge in [0.25, 0.3) is 5.91 Å². The summed E-state index contributed by atoms with van der Waals surface area (Å²) in [6.45, 7) is 2.51. The van der Waals surface area contributed by atoms with Gasteiger partial charge in [0.05, 0.1) is 24.8 Å². The van der Waals surface area contributed by atoms with E-state index in [1.165, 1.54) is 0 Å². The van der Waals surface area contributed by atoms with Gasteiger partial charge >= 0.3 is 0 Å². The summed E-state index contributed by atoms with van der Waals surface area (Å²) in [6, 6.07) is 8.76. The Morgan fingerprint density at radius 3 is 2.45 bits per heavy atom. The predicted molar refractivity (Wildman–Crippen MR) is 77.1 cm³/mol. The smallest absolute Gasteiger partial charge is 0.260 e. The third kappa shape index (κ3) is 3.21. The van der Waals surface area contributed by atoms with Crippen molar-refractivity contribution in [2.45, 2.75) is 18.6 Å². The topological polar surface area (TPSA) is 71.8 Å². The van der Waals surface area contributed by atoms with Gasteiger partial charge < -0.3 is 19.1 Å². The van der Waals surface area contributed by atoms with Crippen LogP contribution in [0.3, 0.4) is 0 Å². The van der Waals surface area contributed by atoms with Crippen molar-refractivity contribution in [1.82, 2.24) is 4.90 Å². The van der Waals surface area contributed by atoms with E-state index >= 15 is 0 Å². The molecule has 0 radical (unpaired) electrons. The number of ether oxygens (including phenoxy) is 3. The van der Waals surface area contributed by atoms with Gasteiger partial charge in [-0.2, -0.15) is 5.26 Å². The zero-order valence-corrected chi connectivity index (χ0v) is 12.3. The van der Waals surface area contributed by atoms with Gasteiger partial charge in [-0.3, -0.25) is 4.79 Å². The molecule has 0 unspecified atom stereocenters. The summed E-state index contributed by atoms with van der Waals surface area (Å²) in [5.74, 6) is 0.0746. The molecule has 3 rings (SSSR count). The fourth-order valence-electron chi connectivity index (χ4n) is 2.74. The van der Waals surface area contributed by atoms with Crippen LogP contribution in [0.5, 0.6) is 5.75 Å². The van der Waals surface area contributed by atoms with Crippen LogP contribution < -0.4 is 4.74 Å². The third-order valence-corrected chi connectivity index (χ3v) is 4.04. The lowest BCUT2D eigenvalue weighted by molar-refractivity contribution is -0.187. The van der Waals surface area contributed by atoms with Crippen molar-refractivity contribution in [3.63, 3.8) is 0 Å². The molecule has 6 nitrogen and oxygen atoms in total. The summed E-state index contributed by atoms with van der Waals surface area (Å²) < 4.78 is 16.8. The quantitative estimate of drug-likeness (QED) is 0.841. The maximum absolute atomic E-state index is 12.2. The van der Waals surface area contributed by atoms with Crippen LogP contribution in [-0.2, 0) is 14.3 Å². The van der Waals surface area contributed by atoms with Crippen LogP contribution in [-0.4, -0.2) is 49.5 Å². The van der Waals surface area contributed by atoms with Gasteiger partial charge in [-0.15, -0.1) is 0 Å². The molecule has 1 spiro atoms. The molecule has 0 N–H and O–H groups in total. The molecule has 0 aromatic heterocycles. The molecular weight excluding hydrogens is 284 g/mol. The Kier molecular flexibility index (Phi) is 4.27. The summed E-state index contributed by atoms with van der Waals surface area (Å²) in [6.07, 6.45) is 1.41. The van der Waals surface area contributed by atoms with E-state index in [1.807, 2.05) is 6.07 Å². The Hall–Kier alpha value is -2.10. The number of rotatable bonds is 3. The van der Waals surface area contributed by atoms with Crippen LogP contribution in [0.4, 0.5) is 0 Å². The number of benzene rings is 1. The van der Waals surface area contributed by atoms with Crippen LogP contribution in [0.2, 0.25) is 0 Å². The second-order valence-corrected chi connectivity index (χ2v) is 5.41. The Bertz CT molecular complexity index is 563. The van der Waals surface area contributed by atoms with E-state index in [4.69, 9.17) is 19.5 Å². The van der Waals surface area contributed by atoms with Crippen molar-refractivity contribution in [3.8, 4) is 11.8 Å². The largest absolute Gasteiger partial charge is 0.484 e. The highest BCUT2D eigenvalue weighted by molar-refractivity contribution is 5.77. The number of carbonyl (C=O) groups excluding carboxylic acids is 1. The zero-order valence-electron chi connectivity index (χ0n) is 12.3. The fraction of sp³-hybridized carbons (Fsp3) is 0.500. The minimum Gasteiger partial charge on any atom is -0.484 e. The number of nitrogens with zero attached hydrogens (tertiary/aromatic N) is 2. The molecule has 2 heterocycles. The van der Waals surface area contributed by atoms with E-state index in [9.17, 15) is 4.79 Å². The van der Waals surface area contributed by atoms with Crippen LogP contribution in [0, 0.1) is 11.3 Å². The Labute approximate surface area is 129 Å². The lowest BCUT2D eigenvalue weighted by Crippen LogP contribution is -2.48. The molecule has 2 aliphatic heterocycles. The molecule has 1 aromatic carbocycles. The van der Waals surface area contributed by atoms with Crippen LogP contribution in [0.25, 0.3) is 0 Å². The number of piperidine rings is 1. The van der Waals surface area contributed by atoms with E-state index in [1.54, 1.807) is 29.2 Å². The van der Waals surface area contributed by atoms with Gasteiger partial charge in [0, 0.05) is 25.9 Å². The molecule has 0 aliphatic carbocycles. The Morgan fingerprint density at radius 1 is 1.23 bits per heavy atom. The van der Waals surface area contributed by atoms with Crippen molar-refractivity contribution in [3.05, 3.63) is 29.8 Å². The van der Waals surface area contributed by atoms with Gasteiger partial charge in [-0.25, -0.2) is 0 Å². The Balaban J connectivity index is 1.47. The summed E-state index contributed by atoms with van der Waals surface area (Å²) in [5, 5.41) is 8.73. The molecule has 0 saturated carbocycles. The van der Waals surface area contributed by atoms with Gasteiger partial charge in [0.1, 0.15) is 5.75 Å². The standard InChI is InChI=1S/C16H18N2O4/c17-11-13-1-3-14(4-2-13)20-12-15(19)18-7-5-16(6-8-18)21-9-10-22-16/h1-4H,5-10,12H2. The highest BCUT2D eigenvalue weighted by Gasteiger charge is 2.40. The number of likely N-dealkylation sites (tertiary alicyclic amines) is 1. The number of nitriles is 1. The summed E-state index contributed by atoms with van der Waals surface area (Å²) >= 11 is 0. The molecule has 116 valence electrons. The summed E-state index contributed by atoms with van der Waals surface area (Å²) in [7, 11) is 0. The van der Waals surface area contributed by atoms with E-state index in [-0.39, 0.29) is 12.5 Å². The lowest BCUT2D eigenvalue weighted by Gasteiger charge is -2.37. The van der Waals surface area contributed by atoms with Gasteiger partial charge in [0.15, 0.2) is 12.4 Å². The second-order valence-electron chi connectivity index (χ2n) is 5.41. The van der Waals surface area contributed by atoms with E-state index < -0.39 is 5.79 Å². The van der Waals surface area contributed by atoms with E-state index in [2.05, 4.69) is 0 Å². The SMILES string of the molecule is N#Cc1ccc(OCC(=O)N2CCC3(CC2)OCCO3)cc1. The van der Waals surface area contributed by atoms with Crippen molar-refractivity contribution < 1.29 is 19.0 Å². The summed E-state index contributed by atoms with van der Waals surface area (Å²) in [5.41, 5.74) is 0.566. The molecule has 22 heavy (non-hydrogen) atoms. The van der Waals surface area contributed by atoms with Gasteiger partial charge in [-0.05, 0) is 24.3 Å². The predicted octanol–water partition coefficient (Wildman–Crippen LogP) is 1.30. The lowest BCUT2D eigenvalue weighted by atomic mass is 10.0. The molecule has 6 heteroatoms. The normalized spacial score (nSPS) is 19.9. The number of hydrogen-bond donors (Lipinski definition) is 0. The van der Waals surface area contributed by atoms with Crippen molar-refractivity contribution in [2.75, 3.05) is 32.9 Å². The minimum atomic E-state index is -0.467. The van der Waals surface area contributed by atoms with E-state index in [0.717, 1.165) is 0 Å². The maximum atomic E-state index is 12.2. The molecule has 1 aromatic rings. The van der Waals surface area contributed by atoms with Gasteiger partial charge in [0.2, 0.25) is 0 Å². The van der Waals surface area contributed by atoms with Gasteiger partial charge in [-0.1, -0.05) is 0 Å². The average molecular weight is 302 g/mol.